The van der Waals surface area contributed by atoms with Gasteiger partial charge in [0.25, 0.3) is 0 Å². The van der Waals surface area contributed by atoms with Crippen molar-refractivity contribution in [2.24, 2.45) is 11.1 Å². The van der Waals surface area contributed by atoms with E-state index in [2.05, 4.69) is 37.1 Å². The summed E-state index contributed by atoms with van der Waals surface area (Å²) in [5.41, 5.74) is 8.05. The fourth-order valence-electron chi connectivity index (χ4n) is 1.33. The Morgan fingerprint density at radius 3 is 2.73 bits per heavy atom. The van der Waals surface area contributed by atoms with Crippen LogP contribution >= 0.6 is 0 Å². The number of nitrogens with zero attached hydrogens (tertiary/aromatic N) is 1. The summed E-state index contributed by atoms with van der Waals surface area (Å²) >= 11 is 0. The molecule has 3 nitrogen and oxygen atoms in total. The predicted octanol–water partition coefficient (Wildman–Crippen LogP) is 1.68. The van der Waals surface area contributed by atoms with Crippen molar-refractivity contribution in [2.75, 3.05) is 6.54 Å². The molecule has 0 saturated heterocycles. The molecule has 3 N–H and O–H groups in total. The van der Waals surface area contributed by atoms with E-state index in [0.29, 0.717) is 12.0 Å². The van der Waals surface area contributed by atoms with Crippen LogP contribution in [0.5, 0.6) is 0 Å². The summed E-state index contributed by atoms with van der Waals surface area (Å²) in [7, 11) is 0. The van der Waals surface area contributed by atoms with E-state index < -0.39 is 0 Å². The molecule has 1 heterocycles. The molecular formula is C12H21N3. The molecule has 1 aromatic heterocycles. The van der Waals surface area contributed by atoms with Gasteiger partial charge in [0.05, 0.1) is 5.69 Å². The molecule has 1 aromatic rings. The van der Waals surface area contributed by atoms with Crippen LogP contribution in [-0.4, -0.2) is 11.5 Å². The normalized spacial score (nSPS) is 11.7. The highest BCUT2D eigenvalue weighted by atomic mass is 14.9. The molecule has 15 heavy (non-hydrogen) atoms. The van der Waals surface area contributed by atoms with E-state index in [9.17, 15) is 0 Å². The summed E-state index contributed by atoms with van der Waals surface area (Å²) in [5.74, 6) is 0. The summed E-state index contributed by atoms with van der Waals surface area (Å²) in [4.78, 5) is 4.16. The summed E-state index contributed by atoms with van der Waals surface area (Å²) < 4.78 is 0. The van der Waals surface area contributed by atoms with E-state index >= 15 is 0 Å². The zero-order valence-electron chi connectivity index (χ0n) is 9.88. The molecule has 0 atom stereocenters. The van der Waals surface area contributed by atoms with Gasteiger partial charge >= 0.3 is 0 Å². The van der Waals surface area contributed by atoms with Crippen molar-refractivity contribution in [3.05, 3.63) is 29.6 Å². The second kappa shape index (κ2) is 5.24. The molecular weight excluding hydrogens is 186 g/mol. The van der Waals surface area contributed by atoms with E-state index in [1.54, 1.807) is 0 Å². The third kappa shape index (κ3) is 4.91. The molecule has 0 amide bonds. The summed E-state index contributed by atoms with van der Waals surface area (Å²) in [6.07, 6.45) is 1.82. The van der Waals surface area contributed by atoms with Gasteiger partial charge in [-0.15, -0.1) is 0 Å². The Kier molecular flexibility index (Phi) is 4.24. The first kappa shape index (κ1) is 12.1. The van der Waals surface area contributed by atoms with Crippen molar-refractivity contribution >= 4 is 0 Å². The molecule has 0 aliphatic rings. The van der Waals surface area contributed by atoms with Crippen molar-refractivity contribution in [3.8, 4) is 0 Å². The van der Waals surface area contributed by atoms with E-state index in [0.717, 1.165) is 18.8 Å². The second-order valence-electron chi connectivity index (χ2n) is 5.02. The molecule has 0 radical (unpaired) electrons. The zero-order valence-corrected chi connectivity index (χ0v) is 9.88. The van der Waals surface area contributed by atoms with E-state index in [4.69, 9.17) is 5.73 Å². The average Bonchev–Trinajstić information content (AvgIpc) is 2.16. The lowest BCUT2D eigenvalue weighted by Crippen LogP contribution is -2.26. The van der Waals surface area contributed by atoms with Crippen LogP contribution in [0.2, 0.25) is 0 Å². The molecule has 0 spiro atoms. The highest BCUT2D eigenvalue weighted by Gasteiger charge is 2.08. The Balaban J connectivity index is 2.44. The number of nitrogens with two attached hydrogens (primary N) is 1. The number of rotatable bonds is 4. The number of nitrogens with one attached hydrogen (secondary N) is 1. The minimum Gasteiger partial charge on any atom is -0.325 e. The van der Waals surface area contributed by atoms with Crippen LogP contribution in [0.15, 0.2) is 18.3 Å². The van der Waals surface area contributed by atoms with Crippen LogP contribution in [0, 0.1) is 5.41 Å². The van der Waals surface area contributed by atoms with Crippen molar-refractivity contribution < 1.29 is 0 Å². The van der Waals surface area contributed by atoms with Gasteiger partial charge in [0.1, 0.15) is 0 Å². The quantitative estimate of drug-likeness (QED) is 0.789. The molecule has 0 saturated carbocycles. The molecule has 0 aliphatic heterocycles. The molecule has 84 valence electrons. The van der Waals surface area contributed by atoms with Crippen molar-refractivity contribution in [3.63, 3.8) is 0 Å². The Morgan fingerprint density at radius 2 is 2.13 bits per heavy atom. The van der Waals surface area contributed by atoms with Crippen molar-refractivity contribution in [2.45, 2.75) is 33.9 Å². The largest absolute Gasteiger partial charge is 0.325 e. The van der Waals surface area contributed by atoms with Crippen LogP contribution in [0.25, 0.3) is 0 Å². The average molecular weight is 207 g/mol. The van der Waals surface area contributed by atoms with Gasteiger partial charge in [-0.3, -0.25) is 4.98 Å². The number of hydrogen-bond acceptors (Lipinski definition) is 3. The fourth-order valence-corrected chi connectivity index (χ4v) is 1.33. The third-order valence-corrected chi connectivity index (χ3v) is 2.07. The summed E-state index contributed by atoms with van der Waals surface area (Å²) in [6.45, 7) is 9.06. The van der Waals surface area contributed by atoms with Gasteiger partial charge in [-0.1, -0.05) is 20.8 Å². The van der Waals surface area contributed by atoms with Gasteiger partial charge in [0.2, 0.25) is 0 Å². The van der Waals surface area contributed by atoms with E-state index in [1.807, 2.05) is 12.3 Å². The third-order valence-electron chi connectivity index (χ3n) is 2.07. The lowest BCUT2D eigenvalue weighted by Gasteiger charge is -2.18. The van der Waals surface area contributed by atoms with Gasteiger partial charge in [0.15, 0.2) is 0 Å². The Hall–Kier alpha value is -0.930. The predicted molar refractivity (Wildman–Crippen MR) is 63.3 cm³/mol. The van der Waals surface area contributed by atoms with Gasteiger partial charge in [-0.05, 0) is 23.1 Å². The molecule has 1 rings (SSSR count). The number of pyridine rings is 1. The smallest absolute Gasteiger partial charge is 0.0542 e. The lowest BCUT2D eigenvalue weighted by atomic mass is 9.97. The van der Waals surface area contributed by atoms with Crippen LogP contribution in [-0.2, 0) is 13.1 Å². The highest BCUT2D eigenvalue weighted by molar-refractivity contribution is 5.15. The second-order valence-corrected chi connectivity index (χ2v) is 5.02. The van der Waals surface area contributed by atoms with Gasteiger partial charge in [0, 0.05) is 25.8 Å². The fraction of sp³-hybridized carbons (Fsp3) is 0.583. The van der Waals surface area contributed by atoms with Crippen molar-refractivity contribution in [1.29, 1.82) is 0 Å². The first-order valence-corrected chi connectivity index (χ1v) is 5.36. The summed E-state index contributed by atoms with van der Waals surface area (Å²) in [5, 5.41) is 3.42. The molecule has 0 fully saturated rings. The molecule has 3 heteroatoms. The van der Waals surface area contributed by atoms with Crippen LogP contribution in [0.4, 0.5) is 0 Å². The van der Waals surface area contributed by atoms with Crippen LogP contribution in [0.1, 0.15) is 32.0 Å². The van der Waals surface area contributed by atoms with E-state index in [1.165, 1.54) is 5.56 Å². The Bertz CT molecular complexity index is 302. The lowest BCUT2D eigenvalue weighted by molar-refractivity contribution is 0.379. The van der Waals surface area contributed by atoms with Crippen LogP contribution < -0.4 is 11.1 Å². The minimum atomic E-state index is 0.323. The molecule has 0 unspecified atom stereocenters. The van der Waals surface area contributed by atoms with E-state index in [-0.39, 0.29) is 0 Å². The molecule has 0 aliphatic carbocycles. The maximum Gasteiger partial charge on any atom is 0.0542 e. The van der Waals surface area contributed by atoms with Gasteiger partial charge in [-0.2, -0.15) is 0 Å². The highest BCUT2D eigenvalue weighted by Crippen LogP contribution is 2.10. The number of hydrogen-bond donors (Lipinski definition) is 2. The number of aromatic nitrogens is 1. The van der Waals surface area contributed by atoms with Crippen molar-refractivity contribution in [1.82, 2.24) is 10.3 Å². The maximum absolute atomic E-state index is 5.53. The zero-order chi connectivity index (χ0) is 11.3. The first-order chi connectivity index (χ1) is 7.01. The Morgan fingerprint density at radius 1 is 1.40 bits per heavy atom. The summed E-state index contributed by atoms with van der Waals surface area (Å²) in [6, 6.07) is 4.07. The van der Waals surface area contributed by atoms with Gasteiger partial charge < -0.3 is 11.1 Å². The molecule has 0 bridgehead atoms. The first-order valence-electron chi connectivity index (χ1n) is 5.36. The standard InChI is InChI=1S/C12H21N3/c1-12(2,3)9-14-8-10-4-5-15-11(6-10)7-13/h4-6,14H,7-9,13H2,1-3H3. The Labute approximate surface area is 92.1 Å². The SMILES string of the molecule is CC(C)(C)CNCc1ccnc(CN)c1. The molecule has 0 aromatic carbocycles. The topological polar surface area (TPSA) is 50.9 Å². The van der Waals surface area contributed by atoms with Crippen LogP contribution in [0.3, 0.4) is 0 Å². The van der Waals surface area contributed by atoms with Gasteiger partial charge in [-0.25, -0.2) is 0 Å². The maximum atomic E-state index is 5.53. The minimum absolute atomic E-state index is 0.323. The monoisotopic (exact) mass is 207 g/mol.